The van der Waals surface area contributed by atoms with Gasteiger partial charge in [-0.15, -0.1) is 0 Å². The molecule has 0 saturated heterocycles. The number of thiocarbonyl (C=S) groups is 1. The highest BCUT2D eigenvalue weighted by atomic mass is 32.1. The summed E-state index contributed by atoms with van der Waals surface area (Å²) in [5.41, 5.74) is 6.00. The predicted molar refractivity (Wildman–Crippen MR) is 118 cm³/mol. The second-order valence-corrected chi connectivity index (χ2v) is 7.51. The molecule has 1 atom stereocenters. The molecule has 0 saturated carbocycles. The smallest absolute Gasteiger partial charge is 0.270 e. The second kappa shape index (κ2) is 9.02. The SMILES string of the molecule is CC(C)N(C)C(=S)NCC1C=C(c2cc(-c3ccccc3)cc([N+](=O)[O-])c2)NO1. The molecule has 29 heavy (non-hydrogen) atoms. The van der Waals surface area contributed by atoms with Crippen LogP contribution in [-0.4, -0.2) is 40.7 Å². The first-order valence-electron chi connectivity index (χ1n) is 9.34. The van der Waals surface area contributed by atoms with Gasteiger partial charge in [-0.3, -0.25) is 20.4 Å². The van der Waals surface area contributed by atoms with Crippen molar-refractivity contribution in [2.75, 3.05) is 13.6 Å². The van der Waals surface area contributed by atoms with E-state index in [0.29, 0.717) is 29.0 Å². The Morgan fingerprint density at radius 1 is 1.24 bits per heavy atom. The Balaban J connectivity index is 1.79. The number of hydrogen-bond acceptors (Lipinski definition) is 5. The monoisotopic (exact) mass is 412 g/mol. The van der Waals surface area contributed by atoms with Crippen LogP contribution in [0.15, 0.2) is 54.6 Å². The third kappa shape index (κ3) is 5.10. The number of nitro groups is 1. The fourth-order valence-corrected chi connectivity index (χ4v) is 3.16. The zero-order valence-corrected chi connectivity index (χ0v) is 17.4. The summed E-state index contributed by atoms with van der Waals surface area (Å²) in [5.74, 6) is 0. The second-order valence-electron chi connectivity index (χ2n) is 7.12. The molecule has 3 rings (SSSR count). The molecule has 1 aliphatic heterocycles. The van der Waals surface area contributed by atoms with Crippen LogP contribution in [0.1, 0.15) is 19.4 Å². The lowest BCUT2D eigenvalue weighted by Crippen LogP contribution is -2.43. The summed E-state index contributed by atoms with van der Waals surface area (Å²) in [5, 5.41) is 15.2. The van der Waals surface area contributed by atoms with Gasteiger partial charge in [-0.1, -0.05) is 30.3 Å². The molecule has 0 aliphatic carbocycles. The molecule has 2 aromatic rings. The summed E-state index contributed by atoms with van der Waals surface area (Å²) in [4.78, 5) is 18.6. The number of hydroxylamine groups is 1. The van der Waals surface area contributed by atoms with Crippen molar-refractivity contribution in [3.63, 3.8) is 0 Å². The third-order valence-corrected chi connectivity index (χ3v) is 5.20. The van der Waals surface area contributed by atoms with Gasteiger partial charge in [-0.25, -0.2) is 0 Å². The average molecular weight is 413 g/mol. The summed E-state index contributed by atoms with van der Waals surface area (Å²) in [6.45, 7) is 4.62. The van der Waals surface area contributed by atoms with Crippen LogP contribution in [0.3, 0.4) is 0 Å². The number of nitrogens with zero attached hydrogens (tertiary/aromatic N) is 2. The van der Waals surface area contributed by atoms with Crippen LogP contribution < -0.4 is 10.8 Å². The van der Waals surface area contributed by atoms with E-state index < -0.39 is 0 Å². The van der Waals surface area contributed by atoms with Gasteiger partial charge in [0.15, 0.2) is 5.11 Å². The minimum absolute atomic E-state index is 0.0327. The average Bonchev–Trinajstić information content (AvgIpc) is 3.20. The highest BCUT2D eigenvalue weighted by Crippen LogP contribution is 2.30. The first-order chi connectivity index (χ1) is 13.8. The van der Waals surface area contributed by atoms with Gasteiger partial charge in [-0.2, -0.15) is 0 Å². The maximum absolute atomic E-state index is 11.4. The lowest BCUT2D eigenvalue weighted by atomic mass is 10.0. The zero-order chi connectivity index (χ0) is 21.0. The van der Waals surface area contributed by atoms with E-state index in [2.05, 4.69) is 24.6 Å². The molecule has 1 unspecified atom stereocenters. The Morgan fingerprint density at radius 2 is 1.93 bits per heavy atom. The van der Waals surface area contributed by atoms with Crippen LogP contribution in [-0.2, 0) is 4.84 Å². The van der Waals surface area contributed by atoms with Gasteiger partial charge in [0.2, 0.25) is 0 Å². The number of benzene rings is 2. The van der Waals surface area contributed by atoms with E-state index >= 15 is 0 Å². The van der Waals surface area contributed by atoms with Gasteiger partial charge in [-0.05, 0) is 49.3 Å². The summed E-state index contributed by atoms with van der Waals surface area (Å²) < 4.78 is 0. The number of nitro benzene ring substituents is 1. The van der Waals surface area contributed by atoms with Gasteiger partial charge >= 0.3 is 0 Å². The Bertz CT molecular complexity index is 931. The first-order valence-corrected chi connectivity index (χ1v) is 9.75. The van der Waals surface area contributed by atoms with E-state index in [1.165, 1.54) is 0 Å². The largest absolute Gasteiger partial charge is 0.360 e. The van der Waals surface area contributed by atoms with E-state index in [1.54, 1.807) is 12.1 Å². The van der Waals surface area contributed by atoms with Crippen molar-refractivity contribution >= 4 is 28.7 Å². The van der Waals surface area contributed by atoms with E-state index in [9.17, 15) is 10.1 Å². The Morgan fingerprint density at radius 3 is 2.59 bits per heavy atom. The molecule has 0 aromatic heterocycles. The normalized spacial score (nSPS) is 15.6. The maximum Gasteiger partial charge on any atom is 0.270 e. The molecule has 7 nitrogen and oxygen atoms in total. The number of nitrogens with one attached hydrogen (secondary N) is 2. The summed E-state index contributed by atoms with van der Waals surface area (Å²) in [6, 6.07) is 14.9. The maximum atomic E-state index is 11.4. The molecule has 2 aromatic carbocycles. The van der Waals surface area contributed by atoms with Crippen molar-refractivity contribution in [3.8, 4) is 11.1 Å². The van der Waals surface area contributed by atoms with E-state index in [0.717, 1.165) is 11.1 Å². The van der Waals surface area contributed by atoms with Crippen LogP contribution in [0.25, 0.3) is 16.8 Å². The van der Waals surface area contributed by atoms with E-state index in [-0.39, 0.29) is 16.7 Å². The van der Waals surface area contributed by atoms with Crippen LogP contribution >= 0.6 is 12.2 Å². The van der Waals surface area contributed by atoms with Gasteiger partial charge in [0, 0.05) is 37.3 Å². The minimum atomic E-state index is -0.383. The number of non-ortho nitro benzene ring substituents is 1. The van der Waals surface area contributed by atoms with Crippen LogP contribution in [0.4, 0.5) is 5.69 Å². The fraction of sp³-hybridized carbons (Fsp3) is 0.286. The molecule has 0 amide bonds. The summed E-state index contributed by atoms with van der Waals surface area (Å²) in [6.07, 6.45) is 1.65. The number of hydrogen-bond donors (Lipinski definition) is 2. The van der Waals surface area contributed by atoms with Crippen molar-refractivity contribution in [2.45, 2.75) is 26.0 Å². The molecule has 8 heteroatoms. The number of rotatable bonds is 6. The van der Waals surface area contributed by atoms with E-state index in [1.807, 2.05) is 54.4 Å². The van der Waals surface area contributed by atoms with Gasteiger partial charge in [0.1, 0.15) is 6.10 Å². The standard InChI is InChI=1S/C21H24N4O3S/c1-14(2)24(3)21(29)22-13-19-12-20(23-28-19)17-9-16(10-18(11-17)25(26)27)15-7-5-4-6-8-15/h4-12,14,19,23H,13H2,1-3H3,(H,22,29). The molecule has 0 bridgehead atoms. The van der Waals surface area contributed by atoms with Crippen molar-refractivity contribution in [2.24, 2.45) is 0 Å². The molecule has 0 fully saturated rings. The summed E-state index contributed by atoms with van der Waals surface area (Å²) in [7, 11) is 1.93. The molecule has 152 valence electrons. The highest BCUT2D eigenvalue weighted by molar-refractivity contribution is 7.80. The predicted octanol–water partition coefficient (Wildman–Crippen LogP) is 3.72. The minimum Gasteiger partial charge on any atom is -0.360 e. The Kier molecular flexibility index (Phi) is 6.46. The molecule has 1 aliphatic rings. The van der Waals surface area contributed by atoms with Crippen LogP contribution in [0.5, 0.6) is 0 Å². The lowest BCUT2D eigenvalue weighted by Gasteiger charge is -2.25. The lowest BCUT2D eigenvalue weighted by molar-refractivity contribution is -0.384. The van der Waals surface area contributed by atoms with Crippen molar-refractivity contribution in [1.29, 1.82) is 0 Å². The Hall–Kier alpha value is -2.97. The van der Waals surface area contributed by atoms with Crippen molar-refractivity contribution in [3.05, 3.63) is 70.3 Å². The van der Waals surface area contributed by atoms with Crippen LogP contribution in [0.2, 0.25) is 0 Å². The molecule has 2 N–H and O–H groups in total. The van der Waals surface area contributed by atoms with E-state index in [4.69, 9.17) is 17.1 Å². The third-order valence-electron chi connectivity index (χ3n) is 4.77. The van der Waals surface area contributed by atoms with Crippen LogP contribution in [0, 0.1) is 10.1 Å². The Labute approximate surface area is 175 Å². The molecule has 0 spiro atoms. The first kappa shape index (κ1) is 20.8. The quantitative estimate of drug-likeness (QED) is 0.425. The fourth-order valence-electron chi connectivity index (χ4n) is 2.87. The zero-order valence-electron chi connectivity index (χ0n) is 16.6. The van der Waals surface area contributed by atoms with Crippen molar-refractivity contribution < 1.29 is 9.76 Å². The van der Waals surface area contributed by atoms with Crippen molar-refractivity contribution in [1.82, 2.24) is 15.7 Å². The highest BCUT2D eigenvalue weighted by Gasteiger charge is 2.21. The summed E-state index contributed by atoms with van der Waals surface area (Å²) >= 11 is 5.37. The van der Waals surface area contributed by atoms with Gasteiger partial charge < -0.3 is 10.2 Å². The molecule has 1 heterocycles. The molecule has 0 radical (unpaired) electrons. The van der Waals surface area contributed by atoms with Gasteiger partial charge in [0.25, 0.3) is 5.69 Å². The van der Waals surface area contributed by atoms with Gasteiger partial charge in [0.05, 0.1) is 10.6 Å². The molecular formula is C21H24N4O3S. The topological polar surface area (TPSA) is 79.7 Å². The molecular weight excluding hydrogens is 388 g/mol.